The van der Waals surface area contributed by atoms with Crippen LogP contribution in [-0.2, 0) is 9.53 Å². The summed E-state index contributed by atoms with van der Waals surface area (Å²) < 4.78 is 47.6. The Kier molecular flexibility index (Phi) is 4.77. The summed E-state index contributed by atoms with van der Waals surface area (Å²) in [5.74, 6) is -2.55. The molecular formula is C23H21F3N2O3. The first-order valence-electron chi connectivity index (χ1n) is 10.4. The number of piperidine rings is 1. The van der Waals surface area contributed by atoms with E-state index in [0.29, 0.717) is 31.2 Å². The molecule has 0 aliphatic carbocycles. The molecule has 2 unspecified atom stereocenters. The topological polar surface area (TPSA) is 49.9 Å². The van der Waals surface area contributed by atoms with Gasteiger partial charge in [-0.2, -0.15) is 0 Å². The molecule has 0 aromatic heterocycles. The summed E-state index contributed by atoms with van der Waals surface area (Å²) in [4.78, 5) is 29.2. The Labute approximate surface area is 177 Å². The van der Waals surface area contributed by atoms with Crippen molar-refractivity contribution in [3.8, 4) is 0 Å². The van der Waals surface area contributed by atoms with Crippen LogP contribution >= 0.6 is 0 Å². The second kappa shape index (κ2) is 7.37. The zero-order valence-corrected chi connectivity index (χ0v) is 16.7. The number of hydrogen-bond acceptors (Lipinski definition) is 3. The maximum atomic E-state index is 14.0. The zero-order valence-electron chi connectivity index (χ0n) is 16.7. The van der Waals surface area contributed by atoms with Gasteiger partial charge in [-0.25, -0.2) is 13.2 Å². The van der Waals surface area contributed by atoms with Gasteiger partial charge in [-0.15, -0.1) is 0 Å². The lowest BCUT2D eigenvalue weighted by atomic mass is 9.89. The normalized spacial score (nSPS) is 24.7. The first-order valence-corrected chi connectivity index (χ1v) is 10.4. The molecule has 2 aromatic rings. The molecule has 8 heteroatoms. The van der Waals surface area contributed by atoms with Crippen LogP contribution in [0.2, 0.25) is 0 Å². The lowest BCUT2D eigenvalue weighted by molar-refractivity contribution is -0.142. The van der Waals surface area contributed by atoms with Crippen molar-refractivity contribution in [2.45, 2.75) is 43.6 Å². The van der Waals surface area contributed by atoms with Crippen LogP contribution in [-0.4, -0.2) is 46.5 Å². The highest BCUT2D eigenvalue weighted by atomic mass is 19.1. The van der Waals surface area contributed by atoms with Crippen LogP contribution in [0.4, 0.5) is 13.2 Å². The molecule has 5 nitrogen and oxygen atoms in total. The van der Waals surface area contributed by atoms with E-state index in [4.69, 9.17) is 4.74 Å². The van der Waals surface area contributed by atoms with E-state index in [2.05, 4.69) is 0 Å². The van der Waals surface area contributed by atoms with Crippen LogP contribution in [0.5, 0.6) is 0 Å². The molecule has 2 atom stereocenters. The van der Waals surface area contributed by atoms with Crippen molar-refractivity contribution < 1.29 is 27.5 Å². The molecule has 3 aliphatic rings. The summed E-state index contributed by atoms with van der Waals surface area (Å²) >= 11 is 0. The van der Waals surface area contributed by atoms with Gasteiger partial charge in [-0.3, -0.25) is 9.59 Å². The fraction of sp³-hybridized carbons (Fsp3) is 0.391. The van der Waals surface area contributed by atoms with E-state index >= 15 is 0 Å². The lowest BCUT2D eigenvalue weighted by Crippen LogP contribution is -2.51. The summed E-state index contributed by atoms with van der Waals surface area (Å²) in [7, 11) is 0. The number of amides is 2. The number of fused-ring (bicyclic) bond motifs is 1. The summed E-state index contributed by atoms with van der Waals surface area (Å²) in [6.07, 6.45) is 1.28. The number of ether oxygens (including phenoxy) is 1. The third kappa shape index (κ3) is 3.29. The fourth-order valence-corrected chi connectivity index (χ4v) is 5.02. The van der Waals surface area contributed by atoms with Crippen molar-refractivity contribution in [1.82, 2.24) is 9.80 Å². The summed E-state index contributed by atoms with van der Waals surface area (Å²) in [6, 6.07) is 8.69. The minimum Gasteiger partial charge on any atom is -0.342 e. The molecule has 3 saturated heterocycles. The van der Waals surface area contributed by atoms with Crippen LogP contribution < -0.4 is 0 Å². The SMILES string of the molecule is O=C(c1ccccc1F)N1CCC2(CC1)OC1CCC(c3cc(F)cc(F)c3)N1C2=O. The number of rotatable bonds is 2. The quantitative estimate of drug-likeness (QED) is 0.728. The molecule has 162 valence electrons. The molecule has 3 heterocycles. The first kappa shape index (κ1) is 20.1. The van der Waals surface area contributed by atoms with Crippen LogP contribution in [0.3, 0.4) is 0 Å². The van der Waals surface area contributed by atoms with Crippen molar-refractivity contribution >= 4 is 11.8 Å². The van der Waals surface area contributed by atoms with Crippen LogP contribution in [0.25, 0.3) is 0 Å². The Morgan fingerprint density at radius 2 is 1.68 bits per heavy atom. The maximum Gasteiger partial charge on any atom is 0.257 e. The molecule has 5 rings (SSSR count). The molecule has 31 heavy (non-hydrogen) atoms. The smallest absolute Gasteiger partial charge is 0.257 e. The van der Waals surface area contributed by atoms with E-state index in [1.165, 1.54) is 35.2 Å². The molecule has 0 N–H and O–H groups in total. The Hall–Kier alpha value is -2.87. The predicted molar refractivity (Wildman–Crippen MR) is 104 cm³/mol. The maximum absolute atomic E-state index is 14.0. The summed E-state index contributed by atoms with van der Waals surface area (Å²) in [5.41, 5.74) is -0.631. The van der Waals surface area contributed by atoms with E-state index in [9.17, 15) is 22.8 Å². The number of likely N-dealkylation sites (tertiary alicyclic amines) is 1. The van der Waals surface area contributed by atoms with E-state index in [1.807, 2.05) is 0 Å². The largest absolute Gasteiger partial charge is 0.342 e. The van der Waals surface area contributed by atoms with Gasteiger partial charge in [0.2, 0.25) is 0 Å². The highest BCUT2D eigenvalue weighted by Crippen LogP contribution is 2.47. The van der Waals surface area contributed by atoms with Crippen molar-refractivity contribution in [3.05, 3.63) is 71.0 Å². The monoisotopic (exact) mass is 430 g/mol. The molecule has 1 spiro atoms. The van der Waals surface area contributed by atoms with E-state index in [0.717, 1.165) is 6.07 Å². The third-order valence-corrected chi connectivity index (χ3v) is 6.55. The van der Waals surface area contributed by atoms with Gasteiger partial charge in [0.15, 0.2) is 5.60 Å². The van der Waals surface area contributed by atoms with Gasteiger partial charge in [0.1, 0.15) is 23.7 Å². The molecule has 0 bridgehead atoms. The van der Waals surface area contributed by atoms with Crippen LogP contribution in [0.1, 0.15) is 47.6 Å². The van der Waals surface area contributed by atoms with Gasteiger partial charge < -0.3 is 14.5 Å². The van der Waals surface area contributed by atoms with Gasteiger partial charge in [0, 0.05) is 32.0 Å². The number of nitrogens with zero attached hydrogens (tertiary/aromatic N) is 2. The Bertz CT molecular complexity index is 1030. The Balaban J connectivity index is 1.32. The van der Waals surface area contributed by atoms with Crippen molar-refractivity contribution in [2.24, 2.45) is 0 Å². The molecule has 0 saturated carbocycles. The Morgan fingerprint density at radius 1 is 1.00 bits per heavy atom. The second-order valence-electron chi connectivity index (χ2n) is 8.35. The molecular weight excluding hydrogens is 409 g/mol. The highest BCUT2D eigenvalue weighted by molar-refractivity contribution is 5.95. The predicted octanol–water partition coefficient (Wildman–Crippen LogP) is 3.80. The van der Waals surface area contributed by atoms with Crippen LogP contribution in [0, 0.1) is 17.5 Å². The molecule has 3 fully saturated rings. The molecule has 3 aliphatic heterocycles. The number of carbonyl (C=O) groups excluding carboxylic acids is 2. The minimum atomic E-state index is -1.05. The van der Waals surface area contributed by atoms with Crippen molar-refractivity contribution in [2.75, 3.05) is 13.1 Å². The standard InChI is InChI=1S/C23H21F3N2O3/c24-15-11-14(12-16(25)13-15)19-5-6-20-28(19)22(30)23(31-20)7-9-27(10-8-23)21(29)17-3-1-2-4-18(17)26/h1-4,11-13,19-20H,5-10H2. The number of benzene rings is 2. The first-order chi connectivity index (χ1) is 14.9. The van der Waals surface area contributed by atoms with E-state index in [-0.39, 0.29) is 24.6 Å². The number of halogens is 3. The minimum absolute atomic E-state index is 0.00549. The Morgan fingerprint density at radius 3 is 2.35 bits per heavy atom. The van der Waals surface area contributed by atoms with Gasteiger partial charge in [0.25, 0.3) is 11.8 Å². The number of hydrogen-bond donors (Lipinski definition) is 0. The fourth-order valence-electron chi connectivity index (χ4n) is 5.02. The average molecular weight is 430 g/mol. The van der Waals surface area contributed by atoms with Gasteiger partial charge in [0.05, 0.1) is 11.6 Å². The van der Waals surface area contributed by atoms with Gasteiger partial charge >= 0.3 is 0 Å². The van der Waals surface area contributed by atoms with E-state index in [1.54, 1.807) is 11.0 Å². The second-order valence-corrected chi connectivity index (χ2v) is 8.35. The summed E-state index contributed by atoms with van der Waals surface area (Å²) in [5, 5.41) is 0. The van der Waals surface area contributed by atoms with Crippen LogP contribution in [0.15, 0.2) is 42.5 Å². The molecule has 2 amide bonds. The van der Waals surface area contributed by atoms with Crippen molar-refractivity contribution in [1.29, 1.82) is 0 Å². The average Bonchev–Trinajstić information content (AvgIpc) is 3.26. The van der Waals surface area contributed by atoms with Gasteiger partial charge in [-0.05, 0) is 42.7 Å². The zero-order chi connectivity index (χ0) is 21.8. The van der Waals surface area contributed by atoms with Gasteiger partial charge in [-0.1, -0.05) is 12.1 Å². The lowest BCUT2D eigenvalue weighted by Gasteiger charge is -2.37. The number of carbonyl (C=O) groups is 2. The molecule has 0 radical (unpaired) electrons. The van der Waals surface area contributed by atoms with E-state index < -0.39 is 41.2 Å². The third-order valence-electron chi connectivity index (χ3n) is 6.55. The highest BCUT2D eigenvalue weighted by Gasteiger charge is 2.58. The van der Waals surface area contributed by atoms with Crippen molar-refractivity contribution in [3.63, 3.8) is 0 Å². The molecule has 2 aromatic carbocycles. The summed E-state index contributed by atoms with van der Waals surface area (Å²) in [6.45, 7) is 0.525.